The minimum absolute atomic E-state index is 0.00662. The Kier molecular flexibility index (Phi) is 5.07. The van der Waals surface area contributed by atoms with E-state index >= 15 is 0 Å². The van der Waals surface area contributed by atoms with E-state index in [1.807, 2.05) is 42.5 Å². The molecule has 0 saturated heterocycles. The predicted octanol–water partition coefficient (Wildman–Crippen LogP) is 4.31. The van der Waals surface area contributed by atoms with Gasteiger partial charge in [0.1, 0.15) is 0 Å². The van der Waals surface area contributed by atoms with Gasteiger partial charge in [-0.2, -0.15) is 0 Å². The molecule has 1 N–H and O–H groups in total. The predicted molar refractivity (Wildman–Crippen MR) is 99.7 cm³/mol. The fourth-order valence-electron chi connectivity index (χ4n) is 3.58. The largest absolute Gasteiger partial charge is 0.481 e. The molecular formula is C21H26N2O2. The highest BCUT2D eigenvalue weighted by Crippen LogP contribution is 2.42. The average Bonchev–Trinajstić information content (AvgIpc) is 2.98. The van der Waals surface area contributed by atoms with Gasteiger partial charge in [0.2, 0.25) is 5.88 Å². The van der Waals surface area contributed by atoms with Crippen LogP contribution in [0.2, 0.25) is 0 Å². The van der Waals surface area contributed by atoms with Gasteiger partial charge in [0, 0.05) is 23.7 Å². The van der Waals surface area contributed by atoms with Crippen molar-refractivity contribution in [3.63, 3.8) is 0 Å². The molecule has 4 heteroatoms. The minimum atomic E-state index is -0.00662. The molecule has 1 aromatic carbocycles. The highest BCUT2D eigenvalue weighted by atomic mass is 16.5. The highest BCUT2D eigenvalue weighted by Gasteiger charge is 2.34. The Morgan fingerprint density at radius 2 is 2.00 bits per heavy atom. The van der Waals surface area contributed by atoms with E-state index in [0.717, 1.165) is 17.8 Å². The van der Waals surface area contributed by atoms with E-state index in [1.165, 1.54) is 19.3 Å². The monoisotopic (exact) mass is 338 g/mol. The van der Waals surface area contributed by atoms with Gasteiger partial charge in [-0.3, -0.25) is 4.79 Å². The quantitative estimate of drug-likeness (QED) is 0.883. The molecule has 3 rings (SSSR count). The van der Waals surface area contributed by atoms with E-state index < -0.39 is 0 Å². The molecule has 1 atom stereocenters. The lowest BCUT2D eigenvalue weighted by Crippen LogP contribution is -2.33. The molecule has 0 bridgehead atoms. The molecule has 1 aliphatic rings. The molecule has 1 heterocycles. The molecule has 1 unspecified atom stereocenters. The van der Waals surface area contributed by atoms with Crippen LogP contribution in [-0.4, -0.2) is 24.5 Å². The van der Waals surface area contributed by atoms with Gasteiger partial charge in [0.05, 0.1) is 12.8 Å². The number of rotatable bonds is 5. The molecule has 0 spiro atoms. The third-order valence-corrected chi connectivity index (χ3v) is 5.36. The van der Waals surface area contributed by atoms with Gasteiger partial charge in [-0.05, 0) is 42.4 Å². The summed E-state index contributed by atoms with van der Waals surface area (Å²) in [6, 6.07) is 13.2. The molecule has 1 saturated carbocycles. The number of ether oxygens (including phenoxy) is 1. The summed E-state index contributed by atoms with van der Waals surface area (Å²) in [4.78, 5) is 16.8. The van der Waals surface area contributed by atoms with Crippen molar-refractivity contribution in [3.8, 4) is 17.1 Å². The lowest BCUT2D eigenvalue weighted by atomic mass is 9.82. The maximum absolute atomic E-state index is 12.4. The fraction of sp³-hybridized carbons (Fsp3) is 0.429. The second-order valence-corrected chi connectivity index (χ2v) is 7.43. The van der Waals surface area contributed by atoms with Crippen molar-refractivity contribution < 1.29 is 9.53 Å². The van der Waals surface area contributed by atoms with Crippen molar-refractivity contribution >= 4 is 5.91 Å². The van der Waals surface area contributed by atoms with Crippen molar-refractivity contribution in [1.29, 1.82) is 0 Å². The SMILES string of the molecule is COc1cccc(-c2ccc(C(=O)NCC3CCCC3(C)C)cc2)n1. The number of amides is 1. The summed E-state index contributed by atoms with van der Waals surface area (Å²) < 4.78 is 5.16. The maximum Gasteiger partial charge on any atom is 0.251 e. The van der Waals surface area contributed by atoms with Crippen LogP contribution in [0.1, 0.15) is 43.5 Å². The fourth-order valence-corrected chi connectivity index (χ4v) is 3.58. The summed E-state index contributed by atoms with van der Waals surface area (Å²) in [5.74, 6) is 1.14. The van der Waals surface area contributed by atoms with Gasteiger partial charge in [-0.1, -0.05) is 38.5 Å². The van der Waals surface area contributed by atoms with Crippen molar-refractivity contribution in [2.75, 3.05) is 13.7 Å². The van der Waals surface area contributed by atoms with E-state index in [0.29, 0.717) is 22.8 Å². The first-order chi connectivity index (χ1) is 12.0. The Balaban J connectivity index is 1.64. The molecule has 132 valence electrons. The summed E-state index contributed by atoms with van der Waals surface area (Å²) in [5, 5.41) is 3.10. The molecule has 1 aromatic heterocycles. The topological polar surface area (TPSA) is 51.2 Å². The normalized spacial score (nSPS) is 18.8. The van der Waals surface area contributed by atoms with E-state index in [-0.39, 0.29) is 5.91 Å². The Bertz CT molecular complexity index is 738. The maximum atomic E-state index is 12.4. The highest BCUT2D eigenvalue weighted by molar-refractivity contribution is 5.94. The molecule has 0 aliphatic heterocycles. The van der Waals surface area contributed by atoms with E-state index in [2.05, 4.69) is 24.1 Å². The molecule has 1 fully saturated rings. The first-order valence-electron chi connectivity index (χ1n) is 8.89. The lowest BCUT2D eigenvalue weighted by Gasteiger charge is -2.27. The first kappa shape index (κ1) is 17.5. The van der Waals surface area contributed by atoms with Crippen LogP contribution in [-0.2, 0) is 0 Å². The number of methoxy groups -OCH3 is 1. The Labute approximate surface area is 149 Å². The van der Waals surface area contributed by atoms with Crippen LogP contribution in [0.5, 0.6) is 5.88 Å². The molecule has 4 nitrogen and oxygen atoms in total. The number of nitrogens with one attached hydrogen (secondary N) is 1. The molecule has 1 aliphatic carbocycles. The third kappa shape index (κ3) is 4.01. The zero-order chi connectivity index (χ0) is 17.9. The smallest absolute Gasteiger partial charge is 0.251 e. The number of carbonyl (C=O) groups is 1. The van der Waals surface area contributed by atoms with Gasteiger partial charge < -0.3 is 10.1 Å². The van der Waals surface area contributed by atoms with Crippen LogP contribution in [0.4, 0.5) is 0 Å². The Hall–Kier alpha value is -2.36. The number of carbonyl (C=O) groups excluding carboxylic acids is 1. The summed E-state index contributed by atoms with van der Waals surface area (Å²) in [5.41, 5.74) is 2.81. The summed E-state index contributed by atoms with van der Waals surface area (Å²) in [6.07, 6.45) is 3.71. The lowest BCUT2D eigenvalue weighted by molar-refractivity contribution is 0.0937. The van der Waals surface area contributed by atoms with Gasteiger partial charge in [-0.25, -0.2) is 4.98 Å². The van der Waals surface area contributed by atoms with Crippen LogP contribution >= 0.6 is 0 Å². The van der Waals surface area contributed by atoms with Crippen LogP contribution < -0.4 is 10.1 Å². The van der Waals surface area contributed by atoms with Gasteiger partial charge in [0.15, 0.2) is 0 Å². The zero-order valence-electron chi connectivity index (χ0n) is 15.2. The zero-order valence-corrected chi connectivity index (χ0v) is 15.2. The average molecular weight is 338 g/mol. The second-order valence-electron chi connectivity index (χ2n) is 7.43. The molecule has 0 radical (unpaired) electrons. The standard InChI is InChI=1S/C21H26N2O2/c1-21(2)13-5-6-17(21)14-22-20(24)16-11-9-15(10-12-16)18-7-4-8-19(23-18)25-3/h4,7-12,17H,5-6,13-14H2,1-3H3,(H,22,24). The number of nitrogens with zero attached hydrogens (tertiary/aromatic N) is 1. The van der Waals surface area contributed by atoms with E-state index in [4.69, 9.17) is 4.74 Å². The number of hydrogen-bond donors (Lipinski definition) is 1. The van der Waals surface area contributed by atoms with Crippen LogP contribution in [0.15, 0.2) is 42.5 Å². The minimum Gasteiger partial charge on any atom is -0.481 e. The van der Waals surface area contributed by atoms with E-state index in [9.17, 15) is 4.79 Å². The second kappa shape index (κ2) is 7.26. The van der Waals surface area contributed by atoms with Crippen molar-refractivity contribution in [3.05, 3.63) is 48.0 Å². The van der Waals surface area contributed by atoms with Crippen LogP contribution in [0.25, 0.3) is 11.3 Å². The van der Waals surface area contributed by atoms with Gasteiger partial charge in [0.25, 0.3) is 5.91 Å². The van der Waals surface area contributed by atoms with Crippen molar-refractivity contribution in [2.24, 2.45) is 11.3 Å². The van der Waals surface area contributed by atoms with Gasteiger partial charge in [-0.15, -0.1) is 0 Å². The number of aromatic nitrogens is 1. The van der Waals surface area contributed by atoms with Crippen LogP contribution in [0.3, 0.4) is 0 Å². The Morgan fingerprint density at radius 3 is 2.64 bits per heavy atom. The third-order valence-electron chi connectivity index (χ3n) is 5.36. The number of pyridine rings is 1. The van der Waals surface area contributed by atoms with Crippen molar-refractivity contribution in [2.45, 2.75) is 33.1 Å². The number of hydrogen-bond acceptors (Lipinski definition) is 3. The Morgan fingerprint density at radius 1 is 1.24 bits per heavy atom. The van der Waals surface area contributed by atoms with Crippen molar-refractivity contribution in [1.82, 2.24) is 10.3 Å². The summed E-state index contributed by atoms with van der Waals surface area (Å²) in [6.45, 7) is 5.35. The first-order valence-corrected chi connectivity index (χ1v) is 8.89. The molecule has 1 amide bonds. The number of benzene rings is 1. The molecule has 25 heavy (non-hydrogen) atoms. The van der Waals surface area contributed by atoms with E-state index in [1.54, 1.807) is 7.11 Å². The van der Waals surface area contributed by atoms with Gasteiger partial charge >= 0.3 is 0 Å². The summed E-state index contributed by atoms with van der Waals surface area (Å²) >= 11 is 0. The molecule has 2 aromatic rings. The molecular weight excluding hydrogens is 312 g/mol. The van der Waals surface area contributed by atoms with Crippen LogP contribution in [0, 0.1) is 11.3 Å². The summed E-state index contributed by atoms with van der Waals surface area (Å²) in [7, 11) is 1.60.